The molecule has 5 amide bonds. The normalized spacial score (nSPS) is 15.7. The number of fused-ring (bicyclic) bond motifs is 1. The second-order valence-corrected chi connectivity index (χ2v) is 16.2. The Labute approximate surface area is 346 Å². The molecule has 0 bridgehead atoms. The summed E-state index contributed by atoms with van der Waals surface area (Å²) in [5.74, 6) is 0.225. The number of benzene rings is 2. The van der Waals surface area contributed by atoms with Crippen molar-refractivity contribution in [2.24, 2.45) is 18.4 Å². The number of amides is 5. The number of hydrazine groups is 1. The Balaban J connectivity index is 1.39. The van der Waals surface area contributed by atoms with E-state index in [9.17, 15) is 24.3 Å². The zero-order valence-corrected chi connectivity index (χ0v) is 35.3. The molecule has 4 N–H and O–H groups in total. The number of urea groups is 1. The van der Waals surface area contributed by atoms with Gasteiger partial charge in [-0.2, -0.15) is 0 Å². The van der Waals surface area contributed by atoms with Crippen LogP contribution in [0.2, 0.25) is 0 Å². The fourth-order valence-electron chi connectivity index (χ4n) is 7.27. The van der Waals surface area contributed by atoms with Crippen LogP contribution >= 0.6 is 0 Å². The molecule has 2 aromatic carbocycles. The van der Waals surface area contributed by atoms with E-state index in [1.165, 1.54) is 7.11 Å². The Morgan fingerprint density at radius 3 is 2.29 bits per heavy atom. The average Bonchev–Trinajstić information content (AvgIpc) is 3.73. The summed E-state index contributed by atoms with van der Waals surface area (Å²) in [6.07, 6.45) is 0.621. The molecule has 1 fully saturated rings. The number of nitrogens with one attached hydrogen (secondary N) is 3. The summed E-state index contributed by atoms with van der Waals surface area (Å²) >= 11 is 0. The minimum atomic E-state index is -1.21. The van der Waals surface area contributed by atoms with E-state index in [0.717, 1.165) is 22.3 Å². The molecule has 0 saturated carbocycles. The summed E-state index contributed by atoms with van der Waals surface area (Å²) < 4.78 is 12.0. The van der Waals surface area contributed by atoms with Crippen molar-refractivity contribution in [1.82, 2.24) is 45.4 Å². The van der Waals surface area contributed by atoms with Gasteiger partial charge in [-0.15, -0.1) is 0 Å². The smallest absolute Gasteiger partial charge is 0.407 e. The van der Waals surface area contributed by atoms with Gasteiger partial charge in [-0.25, -0.2) is 24.6 Å². The van der Waals surface area contributed by atoms with Crippen LogP contribution in [0.25, 0.3) is 11.2 Å². The number of carbonyl (C=O) groups excluding carboxylic acids is 4. The van der Waals surface area contributed by atoms with Crippen molar-refractivity contribution in [3.8, 4) is 5.75 Å². The van der Waals surface area contributed by atoms with E-state index in [-0.39, 0.29) is 43.9 Å². The number of aliphatic hydroxyl groups is 1. The minimum Gasteiger partial charge on any atom is -0.497 e. The van der Waals surface area contributed by atoms with Crippen LogP contribution < -0.4 is 20.8 Å². The lowest BCUT2D eigenvalue weighted by Crippen LogP contribution is -2.60. The highest BCUT2D eigenvalue weighted by molar-refractivity contribution is 5.89. The summed E-state index contributed by atoms with van der Waals surface area (Å²) in [5.41, 5.74) is 5.35. The third-order valence-corrected chi connectivity index (χ3v) is 10.8. The molecule has 16 nitrogen and oxygen atoms in total. The van der Waals surface area contributed by atoms with Gasteiger partial charge in [0.15, 0.2) is 5.65 Å². The second-order valence-electron chi connectivity index (χ2n) is 16.2. The van der Waals surface area contributed by atoms with Crippen molar-refractivity contribution < 1.29 is 33.8 Å². The zero-order chi connectivity index (χ0) is 42.9. The molecular formula is C43H59N9O7. The van der Waals surface area contributed by atoms with Crippen molar-refractivity contribution in [2.45, 2.75) is 84.8 Å². The Bertz CT molecular complexity index is 2040. The van der Waals surface area contributed by atoms with Crippen LogP contribution in [0.15, 0.2) is 72.9 Å². The number of methoxy groups -OCH3 is 2. The molecule has 1 aliphatic rings. The number of pyridine rings is 1. The molecule has 4 aromatic rings. The summed E-state index contributed by atoms with van der Waals surface area (Å²) in [6.45, 7) is 10.4. The number of alkyl carbamates (subject to hydrolysis) is 1. The predicted octanol–water partition coefficient (Wildman–Crippen LogP) is 4.02. The number of aliphatic hydroxyl groups excluding tert-OH is 1. The quantitative estimate of drug-likeness (QED) is 0.107. The predicted molar refractivity (Wildman–Crippen MR) is 223 cm³/mol. The van der Waals surface area contributed by atoms with Crippen LogP contribution in [0.5, 0.6) is 5.75 Å². The Hall–Kier alpha value is -5.74. The number of ether oxygens (including phenoxy) is 2. The number of rotatable bonds is 18. The lowest BCUT2D eigenvalue weighted by atomic mass is 9.86. The van der Waals surface area contributed by atoms with E-state index in [1.807, 2.05) is 101 Å². The van der Waals surface area contributed by atoms with E-state index in [4.69, 9.17) is 14.5 Å². The van der Waals surface area contributed by atoms with E-state index in [2.05, 4.69) is 21.0 Å². The number of aryl methyl sites for hydroxylation is 1. The van der Waals surface area contributed by atoms with E-state index < -0.39 is 41.6 Å². The molecule has 1 aliphatic heterocycles. The molecule has 0 unspecified atom stereocenters. The Kier molecular flexibility index (Phi) is 14.9. The molecule has 59 heavy (non-hydrogen) atoms. The zero-order valence-electron chi connectivity index (χ0n) is 35.3. The number of aromatic nitrogens is 3. The monoisotopic (exact) mass is 813 g/mol. The minimum absolute atomic E-state index is 0.109. The van der Waals surface area contributed by atoms with Crippen LogP contribution in [0.4, 0.5) is 9.59 Å². The molecule has 0 radical (unpaired) electrons. The largest absolute Gasteiger partial charge is 0.497 e. The lowest BCUT2D eigenvalue weighted by molar-refractivity contribution is -0.132. The first-order valence-electron chi connectivity index (χ1n) is 20.0. The van der Waals surface area contributed by atoms with Gasteiger partial charge in [-0.1, -0.05) is 83.5 Å². The van der Waals surface area contributed by atoms with Crippen molar-refractivity contribution in [1.29, 1.82) is 0 Å². The topological polar surface area (TPSA) is 183 Å². The van der Waals surface area contributed by atoms with E-state index >= 15 is 0 Å². The van der Waals surface area contributed by atoms with Gasteiger partial charge in [-0.3, -0.25) is 15.0 Å². The molecule has 2 aromatic heterocycles. The molecule has 5 rings (SSSR count). The maximum absolute atomic E-state index is 14.6. The fourth-order valence-corrected chi connectivity index (χ4v) is 7.27. The second kappa shape index (κ2) is 19.8. The lowest BCUT2D eigenvalue weighted by Gasteiger charge is -2.36. The standard InChI is InChI=1S/C43H59N9O7/c1-9-28(2)36(52-23-22-50(42(52)57)27-35-45-32-16-13-21-44-38(32)49(35)6)39(54)46-33(24-29-14-11-10-12-15-29)34(53)26-51(25-30-17-19-31(58-7)20-18-30)48-40(55)37(43(3,4)5)47-41(56)59-8/h10-21,28,33-34,36-37,53H,9,22-27H2,1-8H3,(H,46,54)(H,47,56)(H,48,55)/t28-,33-,34-,36-,37+/m0/s1. The number of hydrogen-bond acceptors (Lipinski definition) is 10. The Morgan fingerprint density at radius 2 is 1.66 bits per heavy atom. The van der Waals surface area contributed by atoms with Gasteiger partial charge < -0.3 is 39.6 Å². The van der Waals surface area contributed by atoms with Crippen LogP contribution in [-0.2, 0) is 40.9 Å². The molecular weight excluding hydrogens is 755 g/mol. The summed E-state index contributed by atoms with van der Waals surface area (Å²) in [4.78, 5) is 67.2. The number of nitrogens with zero attached hydrogens (tertiary/aromatic N) is 6. The summed E-state index contributed by atoms with van der Waals surface area (Å²) in [7, 11) is 4.67. The fraction of sp³-hybridized carbons (Fsp3) is 0.488. The molecule has 0 aliphatic carbocycles. The number of imidazole rings is 1. The van der Waals surface area contributed by atoms with Gasteiger partial charge in [0.05, 0.1) is 32.9 Å². The maximum atomic E-state index is 14.6. The van der Waals surface area contributed by atoms with Crippen molar-refractivity contribution in [2.75, 3.05) is 33.9 Å². The van der Waals surface area contributed by atoms with Crippen LogP contribution in [0.1, 0.15) is 58.0 Å². The molecule has 5 atom stereocenters. The molecule has 1 saturated heterocycles. The molecule has 16 heteroatoms. The molecule has 3 heterocycles. The van der Waals surface area contributed by atoms with Gasteiger partial charge >= 0.3 is 12.1 Å². The average molecular weight is 814 g/mol. The van der Waals surface area contributed by atoms with E-state index in [1.54, 1.807) is 40.2 Å². The van der Waals surface area contributed by atoms with Gasteiger partial charge in [0.1, 0.15) is 29.2 Å². The molecule has 318 valence electrons. The van der Waals surface area contributed by atoms with Gasteiger partial charge in [0.2, 0.25) is 5.91 Å². The Morgan fingerprint density at radius 1 is 0.949 bits per heavy atom. The van der Waals surface area contributed by atoms with Crippen molar-refractivity contribution in [3.63, 3.8) is 0 Å². The third kappa shape index (κ3) is 11.3. The summed E-state index contributed by atoms with van der Waals surface area (Å²) in [6, 6.07) is 17.6. The number of carbonyl (C=O) groups is 4. The first-order valence-corrected chi connectivity index (χ1v) is 20.0. The number of hydrogen-bond donors (Lipinski definition) is 4. The van der Waals surface area contributed by atoms with Crippen molar-refractivity contribution >= 4 is 35.1 Å². The van der Waals surface area contributed by atoms with Gasteiger partial charge in [0.25, 0.3) is 5.91 Å². The third-order valence-electron chi connectivity index (χ3n) is 10.8. The highest BCUT2D eigenvalue weighted by atomic mass is 16.5. The van der Waals surface area contributed by atoms with Gasteiger partial charge in [0, 0.05) is 39.4 Å². The summed E-state index contributed by atoms with van der Waals surface area (Å²) in [5, 5.41) is 19.4. The highest BCUT2D eigenvalue weighted by Crippen LogP contribution is 2.25. The van der Waals surface area contributed by atoms with E-state index in [0.29, 0.717) is 31.1 Å². The SMILES string of the molecule is CC[C@H](C)[C@@H](C(=O)N[C@@H](Cc1ccccc1)[C@@H](O)CN(Cc1ccc(OC)cc1)NC(=O)[C@@H](NC(=O)OC)C(C)(C)C)N1CCN(Cc2nc3cccnc3n2C)C1=O. The van der Waals surface area contributed by atoms with Crippen LogP contribution in [0, 0.1) is 11.3 Å². The van der Waals surface area contributed by atoms with Gasteiger partial charge in [-0.05, 0) is 53.1 Å². The highest BCUT2D eigenvalue weighted by Gasteiger charge is 2.41. The molecule has 0 spiro atoms. The van der Waals surface area contributed by atoms with Crippen LogP contribution in [0.3, 0.4) is 0 Å². The van der Waals surface area contributed by atoms with Crippen molar-refractivity contribution in [3.05, 3.63) is 89.9 Å². The first kappa shape index (κ1) is 44.4. The first-order chi connectivity index (χ1) is 28.1. The maximum Gasteiger partial charge on any atom is 0.407 e. The van der Waals surface area contributed by atoms with Crippen LogP contribution in [-0.4, -0.2) is 116 Å².